The summed E-state index contributed by atoms with van der Waals surface area (Å²) < 4.78 is 0. The fraction of sp³-hybridized carbons (Fsp3) is 0.600. The summed E-state index contributed by atoms with van der Waals surface area (Å²) in [6.45, 7) is 13.5. The summed E-state index contributed by atoms with van der Waals surface area (Å²) in [4.78, 5) is 23.0. The molecule has 5 nitrogen and oxygen atoms in total. The minimum Gasteiger partial charge on any atom is -0.346 e. The Morgan fingerprint density at radius 1 is 1.43 bits per heavy atom. The highest BCUT2D eigenvalue weighted by atomic mass is 32.1. The number of piperazine rings is 1. The summed E-state index contributed by atoms with van der Waals surface area (Å²) in [6, 6.07) is 0. The number of hydrogen-bond donors (Lipinski definition) is 0. The van der Waals surface area contributed by atoms with Crippen molar-refractivity contribution in [2.75, 3.05) is 50.7 Å². The van der Waals surface area contributed by atoms with E-state index in [4.69, 9.17) is 0 Å². The van der Waals surface area contributed by atoms with Crippen molar-refractivity contribution in [3.05, 3.63) is 23.7 Å². The minimum atomic E-state index is 0.197. The number of carbonyl (C=O) groups is 1. The van der Waals surface area contributed by atoms with Gasteiger partial charge in [0, 0.05) is 50.8 Å². The normalized spacial score (nSPS) is 16.0. The summed E-state index contributed by atoms with van der Waals surface area (Å²) in [5.41, 5.74) is 1.03. The number of carbonyl (C=O) groups excluding carboxylic acids is 1. The molecule has 1 fully saturated rings. The molecule has 116 valence electrons. The maximum absolute atomic E-state index is 12.3. The van der Waals surface area contributed by atoms with Gasteiger partial charge in [-0.25, -0.2) is 4.98 Å². The molecule has 0 bridgehead atoms. The lowest BCUT2D eigenvalue weighted by Crippen LogP contribution is -2.50. The molecule has 1 amide bonds. The number of amides is 1. The van der Waals surface area contributed by atoms with Gasteiger partial charge in [0.05, 0.1) is 6.54 Å². The number of anilines is 1. The van der Waals surface area contributed by atoms with Crippen molar-refractivity contribution in [1.29, 1.82) is 0 Å². The molecule has 0 saturated carbocycles. The first kappa shape index (κ1) is 16.0. The van der Waals surface area contributed by atoms with Crippen LogP contribution in [-0.4, -0.2) is 66.5 Å². The number of aromatic nitrogens is 1. The first-order chi connectivity index (χ1) is 10.1. The van der Waals surface area contributed by atoms with Crippen LogP contribution in [0.1, 0.15) is 13.8 Å². The Balaban J connectivity index is 1.80. The Kier molecular flexibility index (Phi) is 5.76. The molecule has 0 atom stereocenters. The molecule has 2 rings (SSSR count). The van der Waals surface area contributed by atoms with Gasteiger partial charge in [-0.1, -0.05) is 12.2 Å². The Hall–Kier alpha value is -1.40. The number of hydrogen-bond acceptors (Lipinski definition) is 5. The van der Waals surface area contributed by atoms with E-state index in [0.717, 1.165) is 43.4 Å². The van der Waals surface area contributed by atoms with Crippen LogP contribution >= 0.6 is 11.3 Å². The molecule has 1 saturated heterocycles. The van der Waals surface area contributed by atoms with E-state index >= 15 is 0 Å². The fourth-order valence-electron chi connectivity index (χ4n) is 2.46. The summed E-state index contributed by atoms with van der Waals surface area (Å²) >= 11 is 1.67. The Morgan fingerprint density at radius 2 is 2.14 bits per heavy atom. The largest absolute Gasteiger partial charge is 0.346 e. The molecule has 6 heteroatoms. The predicted octanol–water partition coefficient (Wildman–Crippen LogP) is 1.69. The van der Waals surface area contributed by atoms with Crippen LogP contribution in [-0.2, 0) is 4.79 Å². The van der Waals surface area contributed by atoms with E-state index in [1.165, 1.54) is 0 Å². The molecule has 1 aromatic rings. The van der Waals surface area contributed by atoms with Crippen LogP contribution in [0, 0.1) is 0 Å². The maximum Gasteiger partial charge on any atom is 0.237 e. The number of likely N-dealkylation sites (N-methyl/N-ethyl adjacent to an activating group) is 1. The van der Waals surface area contributed by atoms with Crippen LogP contribution in [0.25, 0.3) is 0 Å². The number of thiazole rings is 1. The zero-order chi connectivity index (χ0) is 15.2. The van der Waals surface area contributed by atoms with Gasteiger partial charge in [0.15, 0.2) is 5.13 Å². The van der Waals surface area contributed by atoms with Gasteiger partial charge in [-0.15, -0.1) is 11.3 Å². The fourth-order valence-corrected chi connectivity index (χ4v) is 3.16. The topological polar surface area (TPSA) is 39.7 Å². The van der Waals surface area contributed by atoms with Crippen molar-refractivity contribution in [2.24, 2.45) is 0 Å². The van der Waals surface area contributed by atoms with Crippen LogP contribution in [0.4, 0.5) is 5.13 Å². The highest BCUT2D eigenvalue weighted by Gasteiger charge is 2.22. The van der Waals surface area contributed by atoms with E-state index in [-0.39, 0.29) is 5.91 Å². The highest BCUT2D eigenvalue weighted by molar-refractivity contribution is 7.13. The van der Waals surface area contributed by atoms with Crippen LogP contribution in [0.3, 0.4) is 0 Å². The average Bonchev–Trinajstić information content (AvgIpc) is 2.99. The molecule has 0 spiro atoms. The van der Waals surface area contributed by atoms with Gasteiger partial charge >= 0.3 is 0 Å². The van der Waals surface area contributed by atoms with Gasteiger partial charge in [-0.3, -0.25) is 9.69 Å². The third kappa shape index (κ3) is 4.54. The minimum absolute atomic E-state index is 0.197. The maximum atomic E-state index is 12.3. The molecule has 0 aliphatic carbocycles. The Labute approximate surface area is 130 Å². The van der Waals surface area contributed by atoms with E-state index in [0.29, 0.717) is 13.1 Å². The lowest BCUT2D eigenvalue weighted by atomic mass is 10.3. The van der Waals surface area contributed by atoms with Gasteiger partial charge in [0.1, 0.15) is 0 Å². The summed E-state index contributed by atoms with van der Waals surface area (Å²) in [6.07, 6.45) is 1.84. The molecule has 0 N–H and O–H groups in total. The van der Waals surface area contributed by atoms with E-state index in [2.05, 4.69) is 21.4 Å². The van der Waals surface area contributed by atoms with Gasteiger partial charge in [-0.2, -0.15) is 0 Å². The third-order valence-corrected chi connectivity index (χ3v) is 4.45. The van der Waals surface area contributed by atoms with Crippen LogP contribution in [0.15, 0.2) is 23.7 Å². The number of rotatable bonds is 6. The van der Waals surface area contributed by atoms with E-state index in [1.54, 1.807) is 11.3 Å². The number of nitrogens with zero attached hydrogens (tertiary/aromatic N) is 4. The van der Waals surface area contributed by atoms with Crippen LogP contribution < -0.4 is 4.90 Å². The molecule has 1 aliphatic heterocycles. The molecule has 21 heavy (non-hydrogen) atoms. The summed E-state index contributed by atoms with van der Waals surface area (Å²) in [7, 11) is 0. The lowest BCUT2D eigenvalue weighted by molar-refractivity contribution is -0.131. The van der Waals surface area contributed by atoms with Crippen molar-refractivity contribution >= 4 is 22.4 Å². The zero-order valence-corrected chi connectivity index (χ0v) is 13.7. The molecule has 2 heterocycles. The van der Waals surface area contributed by atoms with Crippen molar-refractivity contribution in [1.82, 2.24) is 14.8 Å². The third-order valence-electron chi connectivity index (χ3n) is 3.62. The van der Waals surface area contributed by atoms with Crippen LogP contribution in [0.2, 0.25) is 0 Å². The Morgan fingerprint density at radius 3 is 2.67 bits per heavy atom. The monoisotopic (exact) mass is 308 g/mol. The van der Waals surface area contributed by atoms with Gasteiger partial charge in [0.25, 0.3) is 0 Å². The average molecular weight is 308 g/mol. The quantitative estimate of drug-likeness (QED) is 0.750. The summed E-state index contributed by atoms with van der Waals surface area (Å²) in [5, 5.41) is 3.08. The second-order valence-corrected chi connectivity index (χ2v) is 6.32. The highest BCUT2D eigenvalue weighted by Crippen LogP contribution is 2.18. The lowest BCUT2D eigenvalue weighted by Gasteiger charge is -2.35. The van der Waals surface area contributed by atoms with Gasteiger partial charge < -0.3 is 9.80 Å². The molecular weight excluding hydrogens is 284 g/mol. The molecule has 0 unspecified atom stereocenters. The van der Waals surface area contributed by atoms with Gasteiger partial charge in [0.2, 0.25) is 5.91 Å². The molecule has 1 aliphatic rings. The Bertz CT molecular complexity index is 466. The van der Waals surface area contributed by atoms with Crippen LogP contribution in [0.5, 0.6) is 0 Å². The van der Waals surface area contributed by atoms with Crippen molar-refractivity contribution in [2.45, 2.75) is 13.8 Å². The van der Waals surface area contributed by atoms with Crippen molar-refractivity contribution in [3.8, 4) is 0 Å². The second-order valence-electron chi connectivity index (χ2n) is 5.44. The zero-order valence-electron chi connectivity index (χ0n) is 12.9. The summed E-state index contributed by atoms with van der Waals surface area (Å²) in [5.74, 6) is 0.197. The van der Waals surface area contributed by atoms with E-state index in [1.807, 2.05) is 30.3 Å². The first-order valence-corrected chi connectivity index (χ1v) is 8.27. The van der Waals surface area contributed by atoms with Gasteiger partial charge in [-0.05, 0) is 13.8 Å². The predicted molar refractivity (Wildman–Crippen MR) is 87.8 cm³/mol. The second kappa shape index (κ2) is 7.56. The molecule has 0 aromatic carbocycles. The molecular formula is C15H24N4OS. The van der Waals surface area contributed by atoms with Crippen molar-refractivity contribution < 1.29 is 4.79 Å². The smallest absolute Gasteiger partial charge is 0.237 e. The molecule has 1 aromatic heterocycles. The van der Waals surface area contributed by atoms with E-state index < -0.39 is 0 Å². The molecule has 0 radical (unpaired) electrons. The SMILES string of the molecule is C=C(C)CN(CC)C(=O)CN1CCN(c2nccs2)CC1. The van der Waals surface area contributed by atoms with E-state index in [9.17, 15) is 4.79 Å². The van der Waals surface area contributed by atoms with Crippen molar-refractivity contribution in [3.63, 3.8) is 0 Å². The standard InChI is InChI=1S/C15H24N4OS/c1-4-18(11-13(2)3)14(20)12-17-6-8-19(9-7-17)15-16-5-10-21-15/h5,10H,2,4,6-9,11-12H2,1,3H3. The first-order valence-electron chi connectivity index (χ1n) is 7.39.